The molecule has 0 atom stereocenters. The summed E-state index contributed by atoms with van der Waals surface area (Å²) in [4.78, 5) is 0. The van der Waals surface area contributed by atoms with Crippen molar-refractivity contribution in [2.75, 3.05) is 7.11 Å². The highest BCUT2D eigenvalue weighted by atomic mass is 35.5. The summed E-state index contributed by atoms with van der Waals surface area (Å²) in [7, 11) is 1.59. The van der Waals surface area contributed by atoms with Crippen molar-refractivity contribution in [1.29, 1.82) is 0 Å². The van der Waals surface area contributed by atoms with E-state index in [2.05, 4.69) is 5.10 Å². The molecule has 1 aromatic rings. The van der Waals surface area contributed by atoms with Gasteiger partial charge < -0.3 is 4.74 Å². The minimum atomic E-state index is 0.364. The lowest BCUT2D eigenvalue weighted by atomic mass is 10.7. The molecule has 0 aliphatic heterocycles. The van der Waals surface area contributed by atoms with Crippen LogP contribution in [-0.2, 0) is 6.00 Å². The summed E-state index contributed by atoms with van der Waals surface area (Å²) < 4.78 is 6.44. The van der Waals surface area contributed by atoms with Crippen LogP contribution in [0.1, 0.15) is 0 Å². The van der Waals surface area contributed by atoms with Gasteiger partial charge in [0.15, 0.2) is 5.75 Å². The molecule has 0 unspecified atom stereocenters. The third-order valence-electron chi connectivity index (χ3n) is 0.968. The monoisotopic (exact) mass is 146 g/mol. The van der Waals surface area contributed by atoms with Crippen molar-refractivity contribution >= 4 is 11.6 Å². The number of hydrogen-bond donors (Lipinski definition) is 0. The SMILES string of the molecule is COc1cnn(CCl)c1. The lowest BCUT2D eigenvalue weighted by Gasteiger charge is -1.89. The summed E-state index contributed by atoms with van der Waals surface area (Å²) in [5.74, 6) is 0.732. The molecule has 1 aromatic heterocycles. The maximum Gasteiger partial charge on any atom is 0.156 e. The van der Waals surface area contributed by atoms with Crippen molar-refractivity contribution < 1.29 is 4.74 Å². The Kier molecular flexibility index (Phi) is 1.95. The zero-order chi connectivity index (χ0) is 6.69. The molecule has 1 rings (SSSR count). The van der Waals surface area contributed by atoms with E-state index in [1.165, 1.54) is 0 Å². The van der Waals surface area contributed by atoms with Gasteiger partial charge in [-0.15, -0.1) is 11.6 Å². The molecule has 1 heterocycles. The Hall–Kier alpha value is -0.700. The normalized spacial score (nSPS) is 9.56. The summed E-state index contributed by atoms with van der Waals surface area (Å²) in [6.45, 7) is 0. The van der Waals surface area contributed by atoms with Gasteiger partial charge in [-0.1, -0.05) is 0 Å². The third kappa shape index (κ3) is 1.36. The highest BCUT2D eigenvalue weighted by Crippen LogP contribution is 2.06. The molecule has 0 bridgehead atoms. The minimum absolute atomic E-state index is 0.364. The topological polar surface area (TPSA) is 27.1 Å². The summed E-state index contributed by atoms with van der Waals surface area (Å²) in [6.07, 6.45) is 3.34. The van der Waals surface area contributed by atoms with Crippen LogP contribution < -0.4 is 4.74 Å². The molecule has 0 aliphatic carbocycles. The first kappa shape index (κ1) is 6.42. The van der Waals surface area contributed by atoms with Gasteiger partial charge in [-0.2, -0.15) is 5.10 Å². The number of nitrogens with zero attached hydrogens (tertiary/aromatic N) is 2. The van der Waals surface area contributed by atoms with Crippen molar-refractivity contribution in [2.45, 2.75) is 6.00 Å². The maximum absolute atomic E-state index is 5.44. The summed E-state index contributed by atoms with van der Waals surface area (Å²) in [5.41, 5.74) is 0. The lowest BCUT2D eigenvalue weighted by Crippen LogP contribution is -1.89. The van der Waals surface area contributed by atoms with Gasteiger partial charge in [0.25, 0.3) is 0 Å². The van der Waals surface area contributed by atoms with E-state index in [1.807, 2.05) is 0 Å². The molecular formula is C5H7ClN2O. The van der Waals surface area contributed by atoms with Crippen molar-refractivity contribution in [3.63, 3.8) is 0 Å². The Morgan fingerprint density at radius 1 is 1.89 bits per heavy atom. The van der Waals surface area contributed by atoms with E-state index < -0.39 is 0 Å². The molecule has 9 heavy (non-hydrogen) atoms. The molecule has 0 N–H and O–H groups in total. The molecule has 3 nitrogen and oxygen atoms in total. The lowest BCUT2D eigenvalue weighted by molar-refractivity contribution is 0.414. The van der Waals surface area contributed by atoms with Gasteiger partial charge in [-0.25, -0.2) is 0 Å². The molecule has 0 spiro atoms. The first-order valence-electron chi connectivity index (χ1n) is 2.49. The van der Waals surface area contributed by atoms with Crippen LogP contribution >= 0.6 is 11.6 Å². The Bertz CT molecular complexity index is 168. The van der Waals surface area contributed by atoms with Crippen LogP contribution in [0.2, 0.25) is 0 Å². The number of aromatic nitrogens is 2. The molecule has 0 aliphatic rings. The van der Waals surface area contributed by atoms with E-state index in [9.17, 15) is 0 Å². The Morgan fingerprint density at radius 2 is 2.67 bits per heavy atom. The second-order valence-corrected chi connectivity index (χ2v) is 1.78. The van der Waals surface area contributed by atoms with Gasteiger partial charge in [-0.05, 0) is 0 Å². The number of rotatable bonds is 2. The average Bonchev–Trinajstić information content (AvgIpc) is 2.34. The number of halogens is 1. The summed E-state index contributed by atoms with van der Waals surface area (Å²) in [5, 5.41) is 3.87. The van der Waals surface area contributed by atoms with Crippen LogP contribution in [-0.4, -0.2) is 16.9 Å². The largest absolute Gasteiger partial charge is 0.493 e. The smallest absolute Gasteiger partial charge is 0.156 e. The fourth-order valence-electron chi connectivity index (χ4n) is 0.515. The molecule has 0 saturated carbocycles. The van der Waals surface area contributed by atoms with E-state index in [0.717, 1.165) is 5.75 Å². The van der Waals surface area contributed by atoms with Crippen LogP contribution in [0, 0.1) is 0 Å². The van der Waals surface area contributed by atoms with Gasteiger partial charge in [0, 0.05) is 0 Å². The van der Waals surface area contributed by atoms with Gasteiger partial charge in [0.2, 0.25) is 0 Å². The average molecular weight is 147 g/mol. The fourth-order valence-corrected chi connectivity index (χ4v) is 0.646. The third-order valence-corrected chi connectivity index (χ3v) is 1.21. The first-order chi connectivity index (χ1) is 4.36. The van der Waals surface area contributed by atoms with E-state index >= 15 is 0 Å². The van der Waals surface area contributed by atoms with Crippen LogP contribution in [0.4, 0.5) is 0 Å². The fraction of sp³-hybridized carbons (Fsp3) is 0.400. The highest BCUT2D eigenvalue weighted by molar-refractivity contribution is 6.15. The van der Waals surface area contributed by atoms with E-state index in [1.54, 1.807) is 24.2 Å². The van der Waals surface area contributed by atoms with E-state index in [0.29, 0.717) is 6.00 Å². The van der Waals surface area contributed by atoms with E-state index in [-0.39, 0.29) is 0 Å². The number of methoxy groups -OCH3 is 1. The molecule has 0 radical (unpaired) electrons. The Balaban J connectivity index is 2.74. The summed E-state index contributed by atoms with van der Waals surface area (Å²) >= 11 is 5.44. The zero-order valence-electron chi connectivity index (χ0n) is 5.04. The molecule has 0 aromatic carbocycles. The van der Waals surface area contributed by atoms with Gasteiger partial charge in [0.1, 0.15) is 6.00 Å². The molecule has 50 valence electrons. The molecule has 0 saturated heterocycles. The number of alkyl halides is 1. The predicted molar refractivity (Wildman–Crippen MR) is 34.6 cm³/mol. The second kappa shape index (κ2) is 2.73. The Morgan fingerprint density at radius 3 is 3.00 bits per heavy atom. The quantitative estimate of drug-likeness (QED) is 0.584. The molecule has 0 amide bonds. The van der Waals surface area contributed by atoms with Gasteiger partial charge in [-0.3, -0.25) is 4.68 Å². The summed E-state index contributed by atoms with van der Waals surface area (Å²) in [6, 6.07) is 0.364. The molecule has 4 heteroatoms. The molecular weight excluding hydrogens is 140 g/mol. The van der Waals surface area contributed by atoms with Crippen molar-refractivity contribution in [3.05, 3.63) is 12.4 Å². The minimum Gasteiger partial charge on any atom is -0.493 e. The number of ether oxygens (including phenoxy) is 1. The second-order valence-electron chi connectivity index (χ2n) is 1.54. The van der Waals surface area contributed by atoms with Gasteiger partial charge >= 0.3 is 0 Å². The Labute approximate surface area is 58.2 Å². The van der Waals surface area contributed by atoms with Crippen LogP contribution in [0.25, 0.3) is 0 Å². The standard InChI is InChI=1S/C5H7ClN2O/c1-9-5-2-7-8(3-5)4-6/h2-3H,4H2,1H3. The van der Waals surface area contributed by atoms with Crippen LogP contribution in [0.5, 0.6) is 5.75 Å². The van der Waals surface area contributed by atoms with E-state index in [4.69, 9.17) is 16.3 Å². The van der Waals surface area contributed by atoms with Crippen molar-refractivity contribution in [1.82, 2.24) is 9.78 Å². The first-order valence-corrected chi connectivity index (χ1v) is 3.02. The number of hydrogen-bond acceptors (Lipinski definition) is 2. The molecule has 0 fully saturated rings. The maximum atomic E-state index is 5.44. The van der Waals surface area contributed by atoms with Gasteiger partial charge in [0.05, 0.1) is 19.5 Å². The zero-order valence-corrected chi connectivity index (χ0v) is 5.80. The highest BCUT2D eigenvalue weighted by Gasteiger charge is 1.92. The van der Waals surface area contributed by atoms with Crippen LogP contribution in [0.3, 0.4) is 0 Å². The van der Waals surface area contributed by atoms with Crippen LogP contribution in [0.15, 0.2) is 12.4 Å². The van der Waals surface area contributed by atoms with Crippen molar-refractivity contribution in [3.8, 4) is 5.75 Å². The van der Waals surface area contributed by atoms with Crippen molar-refractivity contribution in [2.24, 2.45) is 0 Å². The predicted octanol–water partition coefficient (Wildman–Crippen LogP) is 1.09.